The number of hydrogen-bond donors (Lipinski definition) is 0. The van der Waals surface area contributed by atoms with Gasteiger partial charge in [0.1, 0.15) is 0 Å². The maximum atomic E-state index is 13.3. The molecule has 1 amide bonds. The lowest BCUT2D eigenvalue weighted by atomic mass is 9.68. The molecule has 1 aliphatic heterocycles. The first-order valence-corrected chi connectivity index (χ1v) is 8.66. The van der Waals surface area contributed by atoms with Crippen LogP contribution in [0.15, 0.2) is 35.4 Å². The SMILES string of the molecule is O=C(N1N=CCC1c1ccccc1)C12CC3CC(C1)C(C3)C2. The summed E-state index contributed by atoms with van der Waals surface area (Å²) in [4.78, 5) is 13.3. The Morgan fingerprint density at radius 2 is 1.82 bits per heavy atom. The van der Waals surface area contributed by atoms with Gasteiger partial charge in [-0.05, 0) is 55.4 Å². The Bertz CT molecular complexity index is 619. The average Bonchev–Trinajstić information content (AvgIpc) is 3.19. The number of carbonyl (C=O) groups excluding carboxylic acids is 1. The van der Waals surface area contributed by atoms with Crippen LogP contribution in [0.25, 0.3) is 0 Å². The van der Waals surface area contributed by atoms with Crippen LogP contribution in [0.5, 0.6) is 0 Å². The average molecular weight is 294 g/mol. The molecule has 4 saturated carbocycles. The topological polar surface area (TPSA) is 32.7 Å². The summed E-state index contributed by atoms with van der Waals surface area (Å²) >= 11 is 0. The highest BCUT2D eigenvalue weighted by Gasteiger charge is 2.60. The van der Waals surface area contributed by atoms with Crippen molar-refractivity contribution in [3.8, 4) is 0 Å². The Morgan fingerprint density at radius 3 is 2.50 bits per heavy atom. The zero-order valence-corrected chi connectivity index (χ0v) is 12.8. The minimum Gasteiger partial charge on any atom is -0.272 e. The zero-order valence-electron chi connectivity index (χ0n) is 12.8. The molecule has 114 valence electrons. The van der Waals surface area contributed by atoms with E-state index in [4.69, 9.17) is 0 Å². The van der Waals surface area contributed by atoms with Crippen LogP contribution in [0.3, 0.4) is 0 Å². The minimum atomic E-state index is -0.0782. The van der Waals surface area contributed by atoms with E-state index in [1.165, 1.54) is 18.4 Å². The fourth-order valence-corrected chi connectivity index (χ4v) is 5.88. The first-order chi connectivity index (χ1) is 10.8. The van der Waals surface area contributed by atoms with E-state index >= 15 is 0 Å². The van der Waals surface area contributed by atoms with Crippen molar-refractivity contribution in [2.24, 2.45) is 28.3 Å². The summed E-state index contributed by atoms with van der Waals surface area (Å²) in [7, 11) is 0. The molecule has 22 heavy (non-hydrogen) atoms. The summed E-state index contributed by atoms with van der Waals surface area (Å²) in [5.41, 5.74) is 1.13. The second-order valence-corrected chi connectivity index (χ2v) is 7.86. The van der Waals surface area contributed by atoms with E-state index in [1.807, 2.05) is 17.3 Å². The van der Waals surface area contributed by atoms with Gasteiger partial charge in [0.15, 0.2) is 0 Å². The molecule has 3 unspecified atom stereocenters. The van der Waals surface area contributed by atoms with E-state index in [1.54, 1.807) is 0 Å². The summed E-state index contributed by atoms with van der Waals surface area (Å²) in [5.74, 6) is 2.77. The monoisotopic (exact) mass is 294 g/mol. The smallest absolute Gasteiger partial charge is 0.249 e. The van der Waals surface area contributed by atoms with Gasteiger partial charge in [-0.3, -0.25) is 4.79 Å². The van der Waals surface area contributed by atoms with Crippen molar-refractivity contribution in [1.82, 2.24) is 5.01 Å². The molecule has 3 heteroatoms. The Hall–Kier alpha value is -1.64. The predicted molar refractivity (Wildman–Crippen MR) is 85.1 cm³/mol. The highest BCUT2D eigenvalue weighted by Crippen LogP contribution is 2.65. The number of hydrogen-bond acceptors (Lipinski definition) is 2. The van der Waals surface area contributed by atoms with Gasteiger partial charge in [-0.1, -0.05) is 30.3 Å². The van der Waals surface area contributed by atoms with Crippen molar-refractivity contribution >= 4 is 12.1 Å². The molecule has 0 aromatic heterocycles. The van der Waals surface area contributed by atoms with Crippen LogP contribution >= 0.6 is 0 Å². The molecule has 1 aromatic carbocycles. The predicted octanol–water partition coefficient (Wildman–Crippen LogP) is 3.77. The molecule has 1 aromatic rings. The zero-order chi connectivity index (χ0) is 14.7. The lowest BCUT2D eigenvalue weighted by Gasteiger charge is -2.39. The quantitative estimate of drug-likeness (QED) is 0.817. The van der Waals surface area contributed by atoms with Gasteiger partial charge in [0.05, 0.1) is 11.5 Å². The Balaban J connectivity index is 1.44. The molecule has 1 heterocycles. The van der Waals surface area contributed by atoms with Crippen LogP contribution < -0.4 is 0 Å². The number of nitrogens with zero attached hydrogens (tertiary/aromatic N) is 2. The van der Waals surface area contributed by atoms with Gasteiger partial charge in [-0.25, -0.2) is 5.01 Å². The van der Waals surface area contributed by atoms with E-state index in [0.717, 1.165) is 43.4 Å². The van der Waals surface area contributed by atoms with Crippen molar-refractivity contribution < 1.29 is 4.79 Å². The summed E-state index contributed by atoms with van der Waals surface area (Å²) in [5, 5.41) is 6.30. The van der Waals surface area contributed by atoms with Crippen molar-refractivity contribution in [3.05, 3.63) is 35.9 Å². The molecular formula is C19H22N2O. The summed E-state index contributed by atoms with van der Waals surface area (Å²) in [6, 6.07) is 10.5. The molecule has 4 aliphatic carbocycles. The van der Waals surface area contributed by atoms with Crippen LogP contribution in [0, 0.1) is 23.2 Å². The van der Waals surface area contributed by atoms with E-state index in [9.17, 15) is 4.79 Å². The molecule has 0 spiro atoms. The van der Waals surface area contributed by atoms with Crippen molar-refractivity contribution in [1.29, 1.82) is 0 Å². The molecule has 3 atom stereocenters. The first-order valence-electron chi connectivity index (χ1n) is 8.66. The Labute approximate surface area is 131 Å². The van der Waals surface area contributed by atoms with Gasteiger partial charge in [0.25, 0.3) is 0 Å². The maximum absolute atomic E-state index is 13.3. The third-order valence-electron chi connectivity index (χ3n) is 6.60. The lowest BCUT2D eigenvalue weighted by molar-refractivity contribution is -0.147. The highest BCUT2D eigenvalue weighted by molar-refractivity contribution is 5.86. The van der Waals surface area contributed by atoms with Crippen molar-refractivity contribution in [2.45, 2.75) is 44.6 Å². The molecule has 0 radical (unpaired) electrons. The Kier molecular flexibility index (Phi) is 2.59. The van der Waals surface area contributed by atoms with Crippen LogP contribution in [0.1, 0.15) is 50.1 Å². The number of carbonyl (C=O) groups is 1. The van der Waals surface area contributed by atoms with E-state index in [2.05, 4.69) is 29.4 Å². The molecule has 0 saturated heterocycles. The second-order valence-electron chi connectivity index (χ2n) is 7.86. The van der Waals surface area contributed by atoms with E-state index in [0.29, 0.717) is 5.91 Å². The van der Waals surface area contributed by atoms with Gasteiger partial charge >= 0.3 is 0 Å². The largest absolute Gasteiger partial charge is 0.272 e. The summed E-state index contributed by atoms with van der Waals surface area (Å²) in [6.45, 7) is 0. The molecular weight excluding hydrogens is 272 g/mol. The summed E-state index contributed by atoms with van der Waals surface area (Å²) < 4.78 is 0. The normalized spacial score (nSPS) is 41.5. The lowest BCUT2D eigenvalue weighted by Crippen LogP contribution is -2.43. The highest BCUT2D eigenvalue weighted by atomic mass is 16.2. The van der Waals surface area contributed by atoms with Gasteiger partial charge < -0.3 is 0 Å². The second kappa shape index (κ2) is 4.43. The number of rotatable bonds is 2. The fourth-order valence-electron chi connectivity index (χ4n) is 5.88. The van der Waals surface area contributed by atoms with E-state index < -0.39 is 0 Å². The molecule has 4 fully saturated rings. The molecule has 0 N–H and O–H groups in total. The van der Waals surface area contributed by atoms with Gasteiger partial charge in [-0.2, -0.15) is 5.10 Å². The van der Waals surface area contributed by atoms with Crippen LogP contribution in [-0.2, 0) is 4.79 Å². The standard InChI is InChI=1S/C19H22N2O/c22-18(19-10-13-8-15(11-19)16(9-13)12-19)21-17(6-7-20-21)14-4-2-1-3-5-14/h1-5,7,13,15-17H,6,8-12H2. The Morgan fingerprint density at radius 1 is 1.09 bits per heavy atom. The number of hydrazone groups is 1. The minimum absolute atomic E-state index is 0.0782. The molecule has 3 nitrogen and oxygen atoms in total. The summed E-state index contributed by atoms with van der Waals surface area (Å²) in [6.07, 6.45) is 8.90. The van der Waals surface area contributed by atoms with Gasteiger partial charge in [0, 0.05) is 12.6 Å². The third kappa shape index (κ3) is 1.68. The first kappa shape index (κ1) is 12.9. The molecule has 5 aliphatic rings. The fraction of sp³-hybridized carbons (Fsp3) is 0.579. The van der Waals surface area contributed by atoms with Crippen LogP contribution in [-0.4, -0.2) is 17.1 Å². The molecule has 6 rings (SSSR count). The number of benzene rings is 1. The van der Waals surface area contributed by atoms with Crippen LogP contribution in [0.2, 0.25) is 0 Å². The van der Waals surface area contributed by atoms with Crippen molar-refractivity contribution in [2.75, 3.05) is 0 Å². The van der Waals surface area contributed by atoms with Gasteiger partial charge in [-0.15, -0.1) is 0 Å². The third-order valence-corrected chi connectivity index (χ3v) is 6.60. The maximum Gasteiger partial charge on any atom is 0.249 e. The van der Waals surface area contributed by atoms with E-state index in [-0.39, 0.29) is 11.5 Å². The number of amides is 1. The van der Waals surface area contributed by atoms with Crippen molar-refractivity contribution in [3.63, 3.8) is 0 Å². The van der Waals surface area contributed by atoms with Crippen LogP contribution in [0.4, 0.5) is 0 Å². The molecule has 4 bridgehead atoms. The van der Waals surface area contributed by atoms with Gasteiger partial charge in [0.2, 0.25) is 5.91 Å².